The fourth-order valence-corrected chi connectivity index (χ4v) is 1.21. The Kier molecular flexibility index (Phi) is 3.50. The lowest BCUT2D eigenvalue weighted by Crippen LogP contribution is -2.22. The summed E-state index contributed by atoms with van der Waals surface area (Å²) in [7, 11) is 0. The molecular formula is C9H16N4O. The molecule has 5 nitrogen and oxygen atoms in total. The highest BCUT2D eigenvalue weighted by Gasteiger charge is 2.08. The van der Waals surface area contributed by atoms with Gasteiger partial charge in [0.25, 0.3) is 5.56 Å². The van der Waals surface area contributed by atoms with E-state index in [2.05, 4.69) is 29.1 Å². The molecule has 0 aromatic carbocycles. The van der Waals surface area contributed by atoms with Gasteiger partial charge in [-0.15, -0.1) is 0 Å². The molecule has 0 unspecified atom stereocenters. The highest BCUT2D eigenvalue weighted by molar-refractivity contribution is 5.59. The van der Waals surface area contributed by atoms with Gasteiger partial charge in [-0.1, -0.05) is 13.8 Å². The lowest BCUT2D eigenvalue weighted by Gasteiger charge is -2.15. The van der Waals surface area contributed by atoms with E-state index in [9.17, 15) is 4.79 Å². The molecule has 0 aliphatic carbocycles. The number of nitrogen functional groups attached to an aromatic ring is 1. The third-order valence-corrected chi connectivity index (χ3v) is 2.22. The standard InChI is InChI=1S/C9H16N4O/c1-3-6(4-2)13-8-7(10)9(14)12-5-11-8/h5-6H,3-4,10H2,1-2H3,(H2,11,12,13,14). The number of aromatic nitrogens is 2. The van der Waals surface area contributed by atoms with Gasteiger partial charge in [0.05, 0.1) is 6.33 Å². The summed E-state index contributed by atoms with van der Waals surface area (Å²) in [5, 5.41) is 3.13. The van der Waals surface area contributed by atoms with Gasteiger partial charge in [0.1, 0.15) is 5.69 Å². The molecule has 0 saturated heterocycles. The smallest absolute Gasteiger partial charge is 0.276 e. The second kappa shape index (κ2) is 4.64. The monoisotopic (exact) mass is 196 g/mol. The van der Waals surface area contributed by atoms with Crippen LogP contribution >= 0.6 is 0 Å². The number of nitrogens with zero attached hydrogens (tertiary/aromatic N) is 1. The molecule has 1 aromatic heterocycles. The van der Waals surface area contributed by atoms with Crippen molar-refractivity contribution < 1.29 is 0 Å². The predicted molar refractivity (Wildman–Crippen MR) is 57.3 cm³/mol. The van der Waals surface area contributed by atoms with Gasteiger partial charge in [0, 0.05) is 6.04 Å². The summed E-state index contributed by atoms with van der Waals surface area (Å²) in [4.78, 5) is 17.5. The topological polar surface area (TPSA) is 83.8 Å². The lowest BCUT2D eigenvalue weighted by atomic mass is 10.2. The van der Waals surface area contributed by atoms with Crippen LogP contribution in [0, 0.1) is 0 Å². The van der Waals surface area contributed by atoms with Gasteiger partial charge in [-0.3, -0.25) is 4.79 Å². The Morgan fingerprint density at radius 3 is 2.79 bits per heavy atom. The molecule has 5 heteroatoms. The minimum absolute atomic E-state index is 0.152. The molecule has 0 bridgehead atoms. The third kappa shape index (κ3) is 2.25. The normalized spacial score (nSPS) is 10.5. The van der Waals surface area contributed by atoms with Gasteiger partial charge in [-0.25, -0.2) is 4.98 Å². The van der Waals surface area contributed by atoms with E-state index in [1.807, 2.05) is 0 Å². The van der Waals surface area contributed by atoms with Crippen molar-refractivity contribution in [3.8, 4) is 0 Å². The summed E-state index contributed by atoms with van der Waals surface area (Å²) in [5.41, 5.74) is 5.43. The molecule has 14 heavy (non-hydrogen) atoms. The first-order valence-corrected chi connectivity index (χ1v) is 4.78. The zero-order chi connectivity index (χ0) is 10.6. The molecule has 0 spiro atoms. The zero-order valence-electron chi connectivity index (χ0n) is 8.50. The van der Waals surface area contributed by atoms with Crippen LogP contribution in [0.4, 0.5) is 11.5 Å². The Hall–Kier alpha value is -1.52. The van der Waals surface area contributed by atoms with Crippen molar-refractivity contribution in [3.63, 3.8) is 0 Å². The molecule has 78 valence electrons. The van der Waals surface area contributed by atoms with Crippen molar-refractivity contribution >= 4 is 11.5 Å². The Balaban J connectivity index is 2.86. The van der Waals surface area contributed by atoms with Gasteiger partial charge in [0.2, 0.25) is 0 Å². The molecule has 1 rings (SSSR count). The van der Waals surface area contributed by atoms with Crippen molar-refractivity contribution in [2.24, 2.45) is 0 Å². The van der Waals surface area contributed by atoms with E-state index >= 15 is 0 Å². The Morgan fingerprint density at radius 2 is 2.21 bits per heavy atom. The van der Waals surface area contributed by atoms with Crippen LogP contribution < -0.4 is 16.6 Å². The molecular weight excluding hydrogens is 180 g/mol. The maximum atomic E-state index is 11.1. The third-order valence-electron chi connectivity index (χ3n) is 2.22. The molecule has 1 heterocycles. The van der Waals surface area contributed by atoms with Gasteiger partial charge in [0.15, 0.2) is 5.82 Å². The van der Waals surface area contributed by atoms with Crippen molar-refractivity contribution in [2.45, 2.75) is 32.7 Å². The molecule has 1 aromatic rings. The molecule has 0 aliphatic heterocycles. The van der Waals surface area contributed by atoms with Crippen LogP contribution in [-0.4, -0.2) is 16.0 Å². The number of hydrogen-bond donors (Lipinski definition) is 3. The summed E-state index contributed by atoms with van der Waals surface area (Å²) in [6, 6.07) is 0.312. The number of rotatable bonds is 4. The van der Waals surface area contributed by atoms with Crippen LogP contribution in [0.25, 0.3) is 0 Å². The minimum Gasteiger partial charge on any atom is -0.391 e. The van der Waals surface area contributed by atoms with Crippen molar-refractivity contribution in [1.29, 1.82) is 0 Å². The number of H-pyrrole nitrogens is 1. The fraction of sp³-hybridized carbons (Fsp3) is 0.556. The highest BCUT2D eigenvalue weighted by atomic mass is 16.1. The van der Waals surface area contributed by atoms with E-state index in [1.54, 1.807) is 0 Å². The summed E-state index contributed by atoms with van der Waals surface area (Å²) >= 11 is 0. The van der Waals surface area contributed by atoms with E-state index in [4.69, 9.17) is 5.73 Å². The van der Waals surface area contributed by atoms with E-state index in [1.165, 1.54) is 6.33 Å². The Bertz CT molecular complexity index is 343. The van der Waals surface area contributed by atoms with Crippen LogP contribution in [0.2, 0.25) is 0 Å². The summed E-state index contributed by atoms with van der Waals surface area (Å²) in [6.45, 7) is 4.15. The van der Waals surface area contributed by atoms with Crippen LogP contribution in [0.3, 0.4) is 0 Å². The van der Waals surface area contributed by atoms with E-state index in [0.717, 1.165) is 12.8 Å². The van der Waals surface area contributed by atoms with Crippen molar-refractivity contribution in [3.05, 3.63) is 16.7 Å². The van der Waals surface area contributed by atoms with Gasteiger partial charge >= 0.3 is 0 Å². The second-order valence-corrected chi connectivity index (χ2v) is 3.15. The average Bonchev–Trinajstić information content (AvgIpc) is 2.20. The molecule has 0 fully saturated rings. The molecule has 0 amide bonds. The zero-order valence-corrected chi connectivity index (χ0v) is 8.50. The van der Waals surface area contributed by atoms with Crippen LogP contribution in [-0.2, 0) is 0 Å². The first-order chi connectivity index (χ1) is 6.69. The Morgan fingerprint density at radius 1 is 1.57 bits per heavy atom. The summed E-state index contributed by atoms with van der Waals surface area (Å²) < 4.78 is 0. The van der Waals surface area contributed by atoms with Crippen LogP contribution in [0.5, 0.6) is 0 Å². The highest BCUT2D eigenvalue weighted by Crippen LogP contribution is 2.11. The molecule has 0 atom stereocenters. The number of anilines is 2. The molecule has 4 N–H and O–H groups in total. The Labute approximate surface area is 82.7 Å². The lowest BCUT2D eigenvalue weighted by molar-refractivity contribution is 0.668. The number of nitrogens with two attached hydrogens (primary N) is 1. The first kappa shape index (κ1) is 10.6. The quantitative estimate of drug-likeness (QED) is 0.669. The van der Waals surface area contributed by atoms with Gasteiger partial charge in [-0.2, -0.15) is 0 Å². The van der Waals surface area contributed by atoms with Crippen molar-refractivity contribution in [2.75, 3.05) is 11.1 Å². The predicted octanol–water partition coefficient (Wildman–Crippen LogP) is 0.953. The fourth-order valence-electron chi connectivity index (χ4n) is 1.21. The number of nitrogens with one attached hydrogen (secondary N) is 2. The summed E-state index contributed by atoms with van der Waals surface area (Å²) in [5.74, 6) is 0.474. The largest absolute Gasteiger partial charge is 0.391 e. The van der Waals surface area contributed by atoms with Gasteiger partial charge < -0.3 is 16.0 Å². The summed E-state index contributed by atoms with van der Waals surface area (Å²) in [6.07, 6.45) is 3.30. The van der Waals surface area contributed by atoms with E-state index in [0.29, 0.717) is 11.9 Å². The van der Waals surface area contributed by atoms with Crippen molar-refractivity contribution in [1.82, 2.24) is 9.97 Å². The number of hydrogen-bond acceptors (Lipinski definition) is 4. The molecule has 0 radical (unpaired) electrons. The minimum atomic E-state index is -0.298. The molecule has 0 saturated carbocycles. The van der Waals surface area contributed by atoms with Crippen LogP contribution in [0.15, 0.2) is 11.1 Å². The van der Waals surface area contributed by atoms with Gasteiger partial charge in [-0.05, 0) is 12.8 Å². The second-order valence-electron chi connectivity index (χ2n) is 3.15. The van der Waals surface area contributed by atoms with Crippen LogP contribution in [0.1, 0.15) is 26.7 Å². The van der Waals surface area contributed by atoms with E-state index < -0.39 is 0 Å². The maximum absolute atomic E-state index is 11.1. The SMILES string of the molecule is CCC(CC)Nc1nc[nH]c(=O)c1N. The first-order valence-electron chi connectivity index (χ1n) is 4.78. The average molecular weight is 196 g/mol. The number of aromatic amines is 1. The molecule has 0 aliphatic rings. The van der Waals surface area contributed by atoms with E-state index in [-0.39, 0.29) is 11.2 Å². The maximum Gasteiger partial charge on any atom is 0.276 e.